The average Bonchev–Trinajstić information content (AvgIpc) is 2.71. The fourth-order valence-corrected chi connectivity index (χ4v) is 2.57. The third kappa shape index (κ3) is 2.19. The SMILES string of the molecule is Cc1cnc(C)c(N[C@@H]2c3ccccc3C[C@@H]2O)n1. The predicted octanol–water partition coefficient (Wildman–Crippen LogP) is 2.16. The van der Waals surface area contributed by atoms with E-state index in [2.05, 4.69) is 27.4 Å². The Bertz CT molecular complexity index is 612. The number of nitrogens with one attached hydrogen (secondary N) is 1. The van der Waals surface area contributed by atoms with Gasteiger partial charge in [-0.05, 0) is 25.0 Å². The Kier molecular flexibility index (Phi) is 2.95. The second-order valence-electron chi connectivity index (χ2n) is 5.04. The van der Waals surface area contributed by atoms with Gasteiger partial charge in [0.2, 0.25) is 0 Å². The second kappa shape index (κ2) is 4.63. The molecule has 1 aliphatic carbocycles. The van der Waals surface area contributed by atoms with Crippen LogP contribution >= 0.6 is 0 Å². The Morgan fingerprint density at radius 3 is 2.89 bits per heavy atom. The smallest absolute Gasteiger partial charge is 0.148 e. The molecule has 0 fully saturated rings. The van der Waals surface area contributed by atoms with Crippen LogP contribution in [0.1, 0.15) is 28.6 Å². The Hall–Kier alpha value is -1.94. The zero-order valence-corrected chi connectivity index (χ0v) is 11.1. The van der Waals surface area contributed by atoms with Crippen LogP contribution < -0.4 is 5.32 Å². The molecular weight excluding hydrogens is 238 g/mol. The van der Waals surface area contributed by atoms with Gasteiger partial charge < -0.3 is 10.4 Å². The maximum atomic E-state index is 10.2. The number of aliphatic hydroxyl groups excluding tert-OH is 1. The van der Waals surface area contributed by atoms with Gasteiger partial charge >= 0.3 is 0 Å². The minimum Gasteiger partial charge on any atom is -0.390 e. The molecule has 0 unspecified atom stereocenters. The minimum absolute atomic E-state index is 0.106. The zero-order valence-electron chi connectivity index (χ0n) is 11.1. The van der Waals surface area contributed by atoms with Crippen LogP contribution in [0.3, 0.4) is 0 Å². The summed E-state index contributed by atoms with van der Waals surface area (Å²) >= 11 is 0. The second-order valence-corrected chi connectivity index (χ2v) is 5.04. The molecule has 4 nitrogen and oxygen atoms in total. The number of aromatic nitrogens is 2. The van der Waals surface area contributed by atoms with E-state index in [4.69, 9.17) is 0 Å². The van der Waals surface area contributed by atoms with Gasteiger partial charge in [0, 0.05) is 12.6 Å². The third-order valence-corrected chi connectivity index (χ3v) is 3.57. The summed E-state index contributed by atoms with van der Waals surface area (Å²) in [6, 6.07) is 8.02. The topological polar surface area (TPSA) is 58.0 Å². The van der Waals surface area contributed by atoms with Gasteiger partial charge in [0.15, 0.2) is 0 Å². The highest BCUT2D eigenvalue weighted by molar-refractivity contribution is 5.47. The van der Waals surface area contributed by atoms with Crippen LogP contribution in [0.25, 0.3) is 0 Å². The standard InChI is InChI=1S/C15H17N3O/c1-9-8-16-10(2)15(17-9)18-14-12-6-4-3-5-11(12)7-13(14)19/h3-6,8,13-14,19H,7H2,1-2H3,(H,17,18)/t13-,14+/m0/s1. The van der Waals surface area contributed by atoms with Gasteiger partial charge in [-0.3, -0.25) is 4.98 Å². The summed E-state index contributed by atoms with van der Waals surface area (Å²) < 4.78 is 0. The molecule has 0 spiro atoms. The molecule has 1 aliphatic rings. The van der Waals surface area contributed by atoms with Gasteiger partial charge in [-0.1, -0.05) is 24.3 Å². The lowest BCUT2D eigenvalue weighted by Crippen LogP contribution is -2.22. The van der Waals surface area contributed by atoms with E-state index in [0.29, 0.717) is 6.42 Å². The van der Waals surface area contributed by atoms with Crippen molar-refractivity contribution in [3.8, 4) is 0 Å². The van der Waals surface area contributed by atoms with Crippen LogP contribution in [-0.2, 0) is 6.42 Å². The molecule has 1 aromatic heterocycles. The molecule has 2 N–H and O–H groups in total. The molecule has 1 heterocycles. The first-order valence-corrected chi connectivity index (χ1v) is 6.48. The largest absolute Gasteiger partial charge is 0.390 e. The van der Waals surface area contributed by atoms with E-state index >= 15 is 0 Å². The van der Waals surface area contributed by atoms with E-state index in [0.717, 1.165) is 22.8 Å². The molecule has 0 amide bonds. The summed E-state index contributed by atoms with van der Waals surface area (Å²) in [6.07, 6.45) is 2.02. The van der Waals surface area contributed by atoms with Crippen LogP contribution in [0.2, 0.25) is 0 Å². The zero-order chi connectivity index (χ0) is 13.4. The highest BCUT2D eigenvalue weighted by Gasteiger charge is 2.31. The molecule has 19 heavy (non-hydrogen) atoms. The lowest BCUT2D eigenvalue weighted by molar-refractivity contribution is 0.165. The van der Waals surface area contributed by atoms with Crippen molar-refractivity contribution >= 4 is 5.82 Å². The van der Waals surface area contributed by atoms with Crippen molar-refractivity contribution < 1.29 is 5.11 Å². The maximum Gasteiger partial charge on any atom is 0.148 e. The molecule has 0 saturated heterocycles. The number of benzene rings is 1. The molecule has 2 aromatic rings. The predicted molar refractivity (Wildman–Crippen MR) is 74.0 cm³/mol. The first-order chi connectivity index (χ1) is 9.15. The molecule has 0 radical (unpaired) electrons. The van der Waals surface area contributed by atoms with Crippen molar-refractivity contribution in [1.82, 2.24) is 9.97 Å². The van der Waals surface area contributed by atoms with Gasteiger partial charge in [-0.2, -0.15) is 0 Å². The van der Waals surface area contributed by atoms with Crippen molar-refractivity contribution in [2.75, 3.05) is 5.32 Å². The maximum absolute atomic E-state index is 10.2. The first kappa shape index (κ1) is 12.1. The molecule has 2 atom stereocenters. The summed E-state index contributed by atoms with van der Waals surface area (Å²) in [4.78, 5) is 8.75. The summed E-state index contributed by atoms with van der Waals surface area (Å²) in [5.41, 5.74) is 4.07. The summed E-state index contributed by atoms with van der Waals surface area (Å²) in [5, 5.41) is 13.6. The van der Waals surface area contributed by atoms with Crippen molar-refractivity contribution in [3.63, 3.8) is 0 Å². The number of rotatable bonds is 2. The lowest BCUT2D eigenvalue weighted by Gasteiger charge is -2.19. The molecule has 0 bridgehead atoms. The van der Waals surface area contributed by atoms with Gasteiger partial charge in [0.1, 0.15) is 5.82 Å². The molecule has 98 valence electrons. The lowest BCUT2D eigenvalue weighted by atomic mass is 10.1. The number of hydrogen-bond donors (Lipinski definition) is 2. The van der Waals surface area contributed by atoms with Crippen molar-refractivity contribution in [3.05, 3.63) is 53.0 Å². The Balaban J connectivity index is 1.93. The van der Waals surface area contributed by atoms with E-state index in [1.54, 1.807) is 6.20 Å². The van der Waals surface area contributed by atoms with Crippen molar-refractivity contribution in [2.24, 2.45) is 0 Å². The Morgan fingerprint density at radius 1 is 1.26 bits per heavy atom. The third-order valence-electron chi connectivity index (χ3n) is 3.57. The molecular formula is C15H17N3O. The number of fused-ring (bicyclic) bond motifs is 1. The Morgan fingerprint density at radius 2 is 2.05 bits per heavy atom. The van der Waals surface area contributed by atoms with Crippen LogP contribution in [0, 0.1) is 13.8 Å². The fraction of sp³-hybridized carbons (Fsp3) is 0.333. The van der Waals surface area contributed by atoms with Crippen molar-refractivity contribution in [1.29, 1.82) is 0 Å². The minimum atomic E-state index is -0.417. The van der Waals surface area contributed by atoms with Gasteiger partial charge in [0.25, 0.3) is 0 Å². The molecule has 1 aromatic carbocycles. The van der Waals surface area contributed by atoms with Crippen LogP contribution in [0.5, 0.6) is 0 Å². The van der Waals surface area contributed by atoms with E-state index in [9.17, 15) is 5.11 Å². The van der Waals surface area contributed by atoms with E-state index in [1.165, 1.54) is 5.56 Å². The summed E-state index contributed by atoms with van der Waals surface area (Å²) in [6.45, 7) is 3.83. The number of anilines is 1. The Labute approximate surface area is 112 Å². The highest BCUT2D eigenvalue weighted by Crippen LogP contribution is 2.34. The number of aryl methyl sites for hydroxylation is 2. The number of aliphatic hydroxyl groups is 1. The first-order valence-electron chi connectivity index (χ1n) is 6.48. The summed E-state index contributed by atoms with van der Waals surface area (Å²) in [5.74, 6) is 0.751. The summed E-state index contributed by atoms with van der Waals surface area (Å²) in [7, 11) is 0. The van der Waals surface area contributed by atoms with E-state index in [-0.39, 0.29) is 6.04 Å². The van der Waals surface area contributed by atoms with Gasteiger partial charge in [-0.15, -0.1) is 0 Å². The average molecular weight is 255 g/mol. The van der Waals surface area contributed by atoms with Gasteiger partial charge in [0.05, 0.1) is 23.5 Å². The fourth-order valence-electron chi connectivity index (χ4n) is 2.57. The molecule has 0 aliphatic heterocycles. The number of nitrogens with zero attached hydrogens (tertiary/aromatic N) is 2. The van der Waals surface area contributed by atoms with Gasteiger partial charge in [-0.25, -0.2) is 4.98 Å². The molecule has 4 heteroatoms. The highest BCUT2D eigenvalue weighted by atomic mass is 16.3. The van der Waals surface area contributed by atoms with Crippen LogP contribution in [0.15, 0.2) is 30.5 Å². The normalized spacial score (nSPS) is 21.2. The quantitative estimate of drug-likeness (QED) is 0.863. The molecule has 3 rings (SSSR count). The van der Waals surface area contributed by atoms with Crippen LogP contribution in [0.4, 0.5) is 5.82 Å². The van der Waals surface area contributed by atoms with Crippen LogP contribution in [-0.4, -0.2) is 21.2 Å². The monoisotopic (exact) mass is 255 g/mol. The molecule has 0 saturated carbocycles. The van der Waals surface area contributed by atoms with E-state index in [1.807, 2.05) is 26.0 Å². The van der Waals surface area contributed by atoms with E-state index < -0.39 is 6.10 Å². The number of hydrogen-bond acceptors (Lipinski definition) is 4. The van der Waals surface area contributed by atoms with Crippen molar-refractivity contribution in [2.45, 2.75) is 32.4 Å².